The van der Waals surface area contributed by atoms with Crippen molar-refractivity contribution in [3.8, 4) is 0 Å². The molecule has 2 amide bonds. The van der Waals surface area contributed by atoms with E-state index in [0.717, 1.165) is 26.1 Å². The van der Waals surface area contributed by atoms with Crippen LogP contribution in [0.2, 0.25) is 0 Å². The van der Waals surface area contributed by atoms with Crippen molar-refractivity contribution in [2.45, 2.75) is 6.42 Å². The van der Waals surface area contributed by atoms with Gasteiger partial charge in [0.05, 0.1) is 6.54 Å². The van der Waals surface area contributed by atoms with Crippen LogP contribution in [-0.4, -0.2) is 49.9 Å². The molecule has 1 aliphatic rings. The van der Waals surface area contributed by atoms with Gasteiger partial charge >= 0.3 is 0 Å². The molecule has 1 aliphatic heterocycles. The van der Waals surface area contributed by atoms with Crippen molar-refractivity contribution in [2.75, 3.05) is 33.2 Å². The lowest BCUT2D eigenvalue weighted by molar-refractivity contribution is -0.129. The second-order valence-corrected chi connectivity index (χ2v) is 5.10. The summed E-state index contributed by atoms with van der Waals surface area (Å²) in [7, 11) is 1.92. The number of likely N-dealkylation sites (tertiary alicyclic amines) is 1. The zero-order chi connectivity index (χ0) is 14.4. The molecule has 1 saturated heterocycles. The molecular formula is C15H22ClN3O2. The average molecular weight is 312 g/mol. The molecular weight excluding hydrogens is 290 g/mol. The monoisotopic (exact) mass is 311 g/mol. The molecule has 116 valence electrons. The van der Waals surface area contributed by atoms with Crippen molar-refractivity contribution in [2.24, 2.45) is 5.92 Å². The van der Waals surface area contributed by atoms with Crippen LogP contribution in [0.1, 0.15) is 16.8 Å². The third-order valence-electron chi connectivity index (χ3n) is 3.57. The van der Waals surface area contributed by atoms with Crippen molar-refractivity contribution >= 4 is 24.2 Å². The number of amides is 2. The van der Waals surface area contributed by atoms with E-state index in [9.17, 15) is 9.59 Å². The van der Waals surface area contributed by atoms with Gasteiger partial charge in [0.25, 0.3) is 5.91 Å². The Morgan fingerprint density at radius 3 is 2.67 bits per heavy atom. The first-order valence-electron chi connectivity index (χ1n) is 6.96. The summed E-state index contributed by atoms with van der Waals surface area (Å²) < 4.78 is 0. The molecule has 1 aromatic carbocycles. The van der Waals surface area contributed by atoms with Crippen LogP contribution in [0.25, 0.3) is 0 Å². The number of carbonyl (C=O) groups is 2. The Hall–Kier alpha value is -1.59. The molecule has 5 nitrogen and oxygen atoms in total. The maximum Gasteiger partial charge on any atom is 0.251 e. The van der Waals surface area contributed by atoms with Crippen LogP contribution in [0.15, 0.2) is 30.3 Å². The first-order chi connectivity index (χ1) is 9.70. The van der Waals surface area contributed by atoms with E-state index in [1.807, 2.05) is 18.0 Å². The second kappa shape index (κ2) is 8.64. The minimum atomic E-state index is -0.204. The molecule has 0 spiro atoms. The molecule has 0 aromatic heterocycles. The summed E-state index contributed by atoms with van der Waals surface area (Å²) in [6.07, 6.45) is 1.03. The van der Waals surface area contributed by atoms with Gasteiger partial charge < -0.3 is 15.5 Å². The van der Waals surface area contributed by atoms with Crippen molar-refractivity contribution in [1.29, 1.82) is 0 Å². The van der Waals surface area contributed by atoms with Gasteiger partial charge in [-0.2, -0.15) is 0 Å². The molecule has 1 fully saturated rings. The summed E-state index contributed by atoms with van der Waals surface area (Å²) in [6.45, 7) is 2.56. The van der Waals surface area contributed by atoms with Gasteiger partial charge in [-0.25, -0.2) is 0 Å². The molecule has 0 aliphatic carbocycles. The highest BCUT2D eigenvalue weighted by Crippen LogP contribution is 2.14. The molecule has 2 rings (SSSR count). The SMILES string of the molecule is CNCC1CCN(C(=O)CNC(=O)c2ccccc2)C1.Cl. The Kier molecular flexibility index (Phi) is 7.19. The van der Waals surface area contributed by atoms with Crippen LogP contribution in [0, 0.1) is 5.92 Å². The Morgan fingerprint density at radius 1 is 1.29 bits per heavy atom. The van der Waals surface area contributed by atoms with E-state index in [1.165, 1.54) is 0 Å². The van der Waals surface area contributed by atoms with Gasteiger partial charge in [-0.05, 0) is 38.1 Å². The summed E-state index contributed by atoms with van der Waals surface area (Å²) in [4.78, 5) is 25.7. The van der Waals surface area contributed by atoms with Crippen LogP contribution in [0.4, 0.5) is 0 Å². The second-order valence-electron chi connectivity index (χ2n) is 5.10. The molecule has 1 unspecified atom stereocenters. The van der Waals surface area contributed by atoms with Crippen LogP contribution in [0.3, 0.4) is 0 Å². The van der Waals surface area contributed by atoms with Crippen molar-refractivity contribution in [3.05, 3.63) is 35.9 Å². The molecule has 1 atom stereocenters. The summed E-state index contributed by atoms with van der Waals surface area (Å²) in [5.41, 5.74) is 0.579. The number of carbonyl (C=O) groups excluding carboxylic acids is 2. The van der Waals surface area contributed by atoms with Gasteiger partial charge in [0.2, 0.25) is 5.91 Å². The lowest BCUT2D eigenvalue weighted by atomic mass is 10.1. The lowest BCUT2D eigenvalue weighted by Gasteiger charge is -2.17. The zero-order valence-corrected chi connectivity index (χ0v) is 13.0. The summed E-state index contributed by atoms with van der Waals surface area (Å²) >= 11 is 0. The predicted octanol–water partition coefficient (Wildman–Crippen LogP) is 0.906. The molecule has 0 radical (unpaired) electrons. The van der Waals surface area contributed by atoms with E-state index in [0.29, 0.717) is 11.5 Å². The minimum Gasteiger partial charge on any atom is -0.343 e. The topological polar surface area (TPSA) is 61.4 Å². The van der Waals surface area contributed by atoms with Crippen molar-refractivity contribution in [3.63, 3.8) is 0 Å². The maximum atomic E-state index is 12.0. The van der Waals surface area contributed by atoms with E-state index in [4.69, 9.17) is 0 Å². The lowest BCUT2D eigenvalue weighted by Crippen LogP contribution is -2.39. The number of nitrogens with zero attached hydrogens (tertiary/aromatic N) is 1. The number of hydrogen-bond donors (Lipinski definition) is 2. The van der Waals surface area contributed by atoms with E-state index in [1.54, 1.807) is 24.3 Å². The fraction of sp³-hybridized carbons (Fsp3) is 0.467. The van der Waals surface area contributed by atoms with Crippen LogP contribution in [-0.2, 0) is 4.79 Å². The standard InChI is InChI=1S/C15H21N3O2.ClH/c1-16-9-12-7-8-18(11-12)14(19)10-17-15(20)13-5-3-2-4-6-13;/h2-6,12,16H,7-11H2,1H3,(H,17,20);1H. The van der Waals surface area contributed by atoms with E-state index >= 15 is 0 Å². The smallest absolute Gasteiger partial charge is 0.251 e. The molecule has 0 saturated carbocycles. The minimum absolute atomic E-state index is 0. The van der Waals surface area contributed by atoms with Crippen molar-refractivity contribution in [1.82, 2.24) is 15.5 Å². The number of benzene rings is 1. The Bertz CT molecular complexity index is 467. The van der Waals surface area contributed by atoms with E-state index in [2.05, 4.69) is 10.6 Å². The molecule has 21 heavy (non-hydrogen) atoms. The quantitative estimate of drug-likeness (QED) is 0.849. The number of nitrogens with one attached hydrogen (secondary N) is 2. The largest absolute Gasteiger partial charge is 0.343 e. The van der Waals surface area contributed by atoms with E-state index in [-0.39, 0.29) is 30.8 Å². The fourth-order valence-corrected chi connectivity index (χ4v) is 2.47. The molecule has 2 N–H and O–H groups in total. The predicted molar refractivity (Wildman–Crippen MR) is 84.6 cm³/mol. The first kappa shape index (κ1) is 17.5. The van der Waals surface area contributed by atoms with Crippen molar-refractivity contribution < 1.29 is 9.59 Å². The molecule has 0 bridgehead atoms. The highest BCUT2D eigenvalue weighted by molar-refractivity contribution is 5.96. The third-order valence-corrected chi connectivity index (χ3v) is 3.57. The third kappa shape index (κ3) is 5.02. The maximum absolute atomic E-state index is 12.0. The number of halogens is 1. The Labute approximate surface area is 131 Å². The van der Waals surface area contributed by atoms with Gasteiger partial charge in [0.1, 0.15) is 0 Å². The van der Waals surface area contributed by atoms with Gasteiger partial charge in [-0.3, -0.25) is 9.59 Å². The van der Waals surface area contributed by atoms with Crippen LogP contribution in [0.5, 0.6) is 0 Å². The molecule has 1 aromatic rings. The van der Waals surface area contributed by atoms with Gasteiger partial charge in [-0.15, -0.1) is 12.4 Å². The van der Waals surface area contributed by atoms with Crippen LogP contribution >= 0.6 is 12.4 Å². The normalized spacial score (nSPS) is 17.2. The fourth-order valence-electron chi connectivity index (χ4n) is 2.47. The molecule has 6 heteroatoms. The highest BCUT2D eigenvalue weighted by Gasteiger charge is 2.25. The summed E-state index contributed by atoms with van der Waals surface area (Å²) in [6, 6.07) is 8.93. The van der Waals surface area contributed by atoms with Gasteiger partial charge in [-0.1, -0.05) is 18.2 Å². The first-order valence-corrected chi connectivity index (χ1v) is 6.96. The average Bonchev–Trinajstić information content (AvgIpc) is 2.94. The number of rotatable bonds is 5. The van der Waals surface area contributed by atoms with Gasteiger partial charge in [0.15, 0.2) is 0 Å². The zero-order valence-electron chi connectivity index (χ0n) is 12.2. The van der Waals surface area contributed by atoms with Gasteiger partial charge in [0, 0.05) is 18.7 Å². The van der Waals surface area contributed by atoms with Crippen LogP contribution < -0.4 is 10.6 Å². The Balaban J connectivity index is 0.00000220. The van der Waals surface area contributed by atoms with E-state index < -0.39 is 0 Å². The summed E-state index contributed by atoms with van der Waals surface area (Å²) in [5, 5.41) is 5.81. The Morgan fingerprint density at radius 2 is 2.00 bits per heavy atom. The number of hydrogen-bond acceptors (Lipinski definition) is 3. The molecule has 1 heterocycles. The summed E-state index contributed by atoms with van der Waals surface area (Å²) in [5.74, 6) is 0.312. The highest BCUT2D eigenvalue weighted by atomic mass is 35.5.